The Hall–Kier alpha value is -3.20. The van der Waals surface area contributed by atoms with Gasteiger partial charge in [0, 0.05) is 25.0 Å². The summed E-state index contributed by atoms with van der Waals surface area (Å²) >= 11 is 0. The number of nitrogens with one attached hydrogen (secondary N) is 1. The molecule has 0 unspecified atom stereocenters. The molecular weight excluding hydrogens is 332 g/mol. The normalized spacial score (nSPS) is 12.2. The molecule has 0 fully saturated rings. The minimum Gasteiger partial charge on any atom is -0.351 e. The molecule has 0 aliphatic heterocycles. The highest BCUT2D eigenvalue weighted by atomic mass is 16.1. The Bertz CT molecular complexity index is 1050. The summed E-state index contributed by atoms with van der Waals surface area (Å²) in [5.74, 6) is 0.213. The van der Waals surface area contributed by atoms with E-state index in [1.165, 1.54) is 21.9 Å². The van der Waals surface area contributed by atoms with E-state index in [4.69, 9.17) is 0 Å². The van der Waals surface area contributed by atoms with Crippen LogP contribution >= 0.6 is 0 Å². The van der Waals surface area contributed by atoms with E-state index >= 15 is 0 Å². The average molecular weight is 354 g/mol. The number of H-pyrrole nitrogens is 1. The SMILES string of the molecule is C[C@@H](Cc1c[nH]cn1)C(=O)Cc1ccc(-c2ccc3ccccc3c2)cc1. The second-order valence-electron chi connectivity index (χ2n) is 7.07. The number of imidazole rings is 1. The zero-order chi connectivity index (χ0) is 18.6. The number of Topliss-reactive ketones (excluding diaryl/α,β-unsaturated/α-hetero) is 1. The van der Waals surface area contributed by atoms with Crippen LogP contribution < -0.4 is 0 Å². The van der Waals surface area contributed by atoms with Crippen LogP contribution in [0.3, 0.4) is 0 Å². The molecule has 0 radical (unpaired) electrons. The predicted molar refractivity (Wildman–Crippen MR) is 110 cm³/mol. The first-order valence-electron chi connectivity index (χ1n) is 9.27. The lowest BCUT2D eigenvalue weighted by molar-refractivity contribution is -0.121. The van der Waals surface area contributed by atoms with Gasteiger partial charge in [0.15, 0.2) is 0 Å². The number of ketones is 1. The molecule has 0 spiro atoms. The molecule has 1 heterocycles. The van der Waals surface area contributed by atoms with Gasteiger partial charge in [0.2, 0.25) is 0 Å². The monoisotopic (exact) mass is 354 g/mol. The standard InChI is InChI=1S/C24H22N2O/c1-17(12-23-15-25-16-26-23)24(27)13-18-6-8-20(9-7-18)22-11-10-19-4-2-3-5-21(19)14-22/h2-11,14-17H,12-13H2,1H3,(H,25,26)/t17-/m0/s1. The van der Waals surface area contributed by atoms with Crippen LogP contribution in [0.25, 0.3) is 21.9 Å². The van der Waals surface area contributed by atoms with Crippen molar-refractivity contribution in [3.8, 4) is 11.1 Å². The van der Waals surface area contributed by atoms with Crippen LogP contribution in [0.2, 0.25) is 0 Å². The smallest absolute Gasteiger partial charge is 0.140 e. The molecule has 3 heteroatoms. The van der Waals surface area contributed by atoms with Gasteiger partial charge in [-0.15, -0.1) is 0 Å². The number of nitrogens with zero attached hydrogens (tertiary/aromatic N) is 1. The highest BCUT2D eigenvalue weighted by molar-refractivity contribution is 5.87. The highest BCUT2D eigenvalue weighted by Gasteiger charge is 2.15. The Kier molecular flexibility index (Phi) is 4.84. The number of fused-ring (bicyclic) bond motifs is 1. The van der Waals surface area contributed by atoms with E-state index in [9.17, 15) is 4.79 Å². The van der Waals surface area contributed by atoms with Crippen molar-refractivity contribution in [1.29, 1.82) is 0 Å². The number of carbonyl (C=O) groups is 1. The van der Waals surface area contributed by atoms with Crippen molar-refractivity contribution in [3.05, 3.63) is 90.5 Å². The minimum absolute atomic E-state index is 0.0338. The molecular formula is C24H22N2O. The number of carbonyl (C=O) groups excluding carboxylic acids is 1. The first-order chi connectivity index (χ1) is 13.2. The number of hydrogen-bond donors (Lipinski definition) is 1. The molecule has 4 rings (SSSR count). The molecule has 1 atom stereocenters. The van der Waals surface area contributed by atoms with E-state index in [-0.39, 0.29) is 11.7 Å². The molecule has 27 heavy (non-hydrogen) atoms. The van der Waals surface area contributed by atoms with E-state index in [1.54, 1.807) is 6.33 Å². The second-order valence-corrected chi connectivity index (χ2v) is 7.07. The zero-order valence-corrected chi connectivity index (χ0v) is 15.4. The molecule has 0 saturated heterocycles. The van der Waals surface area contributed by atoms with Crippen molar-refractivity contribution in [2.75, 3.05) is 0 Å². The summed E-state index contributed by atoms with van der Waals surface area (Å²) in [6.45, 7) is 1.97. The summed E-state index contributed by atoms with van der Waals surface area (Å²) in [7, 11) is 0. The average Bonchev–Trinajstić information content (AvgIpc) is 3.21. The van der Waals surface area contributed by atoms with Crippen LogP contribution in [-0.4, -0.2) is 15.8 Å². The van der Waals surface area contributed by atoms with Gasteiger partial charge in [-0.05, 0) is 33.5 Å². The molecule has 0 saturated carbocycles. The molecule has 1 aromatic heterocycles. The molecule has 3 nitrogen and oxygen atoms in total. The zero-order valence-electron chi connectivity index (χ0n) is 15.4. The molecule has 0 aliphatic rings. The molecule has 3 aromatic carbocycles. The van der Waals surface area contributed by atoms with Crippen LogP contribution in [-0.2, 0) is 17.6 Å². The van der Waals surface area contributed by atoms with E-state index < -0.39 is 0 Å². The van der Waals surface area contributed by atoms with Crippen LogP contribution in [0.1, 0.15) is 18.2 Å². The van der Waals surface area contributed by atoms with Crippen molar-refractivity contribution in [1.82, 2.24) is 9.97 Å². The Labute approximate surface area is 159 Å². The number of aromatic amines is 1. The Morgan fingerprint density at radius 2 is 1.70 bits per heavy atom. The van der Waals surface area contributed by atoms with Crippen molar-refractivity contribution in [2.45, 2.75) is 19.8 Å². The van der Waals surface area contributed by atoms with Gasteiger partial charge in [0.25, 0.3) is 0 Å². The maximum absolute atomic E-state index is 12.5. The van der Waals surface area contributed by atoms with Gasteiger partial charge in [0.1, 0.15) is 5.78 Å². The minimum atomic E-state index is -0.0338. The van der Waals surface area contributed by atoms with Crippen molar-refractivity contribution in [2.24, 2.45) is 5.92 Å². The van der Waals surface area contributed by atoms with Crippen LogP contribution in [0.5, 0.6) is 0 Å². The third-order valence-electron chi connectivity index (χ3n) is 5.03. The summed E-state index contributed by atoms with van der Waals surface area (Å²) in [6.07, 6.45) is 4.64. The lowest BCUT2D eigenvalue weighted by Crippen LogP contribution is -2.16. The maximum atomic E-state index is 12.5. The van der Waals surface area contributed by atoms with Gasteiger partial charge in [-0.1, -0.05) is 67.6 Å². The molecule has 0 aliphatic carbocycles. The van der Waals surface area contributed by atoms with Crippen molar-refractivity contribution < 1.29 is 4.79 Å². The van der Waals surface area contributed by atoms with E-state index in [0.29, 0.717) is 12.8 Å². The summed E-state index contributed by atoms with van der Waals surface area (Å²) in [6, 6.07) is 23.2. The van der Waals surface area contributed by atoms with Gasteiger partial charge < -0.3 is 4.98 Å². The van der Waals surface area contributed by atoms with Gasteiger partial charge >= 0.3 is 0 Å². The fourth-order valence-electron chi connectivity index (χ4n) is 3.39. The first kappa shape index (κ1) is 17.2. The Balaban J connectivity index is 1.45. The van der Waals surface area contributed by atoms with E-state index in [0.717, 1.165) is 11.3 Å². The van der Waals surface area contributed by atoms with Gasteiger partial charge in [-0.3, -0.25) is 4.79 Å². The molecule has 1 N–H and O–H groups in total. The fourth-order valence-corrected chi connectivity index (χ4v) is 3.39. The van der Waals surface area contributed by atoms with Gasteiger partial charge in [-0.25, -0.2) is 4.98 Å². The van der Waals surface area contributed by atoms with Gasteiger partial charge in [0.05, 0.1) is 12.0 Å². The maximum Gasteiger partial charge on any atom is 0.140 e. The summed E-state index contributed by atoms with van der Waals surface area (Å²) < 4.78 is 0. The van der Waals surface area contributed by atoms with Crippen LogP contribution in [0, 0.1) is 5.92 Å². The molecule has 4 aromatic rings. The number of rotatable bonds is 6. The Morgan fingerprint density at radius 1 is 0.963 bits per heavy atom. The fraction of sp³-hybridized carbons (Fsp3) is 0.167. The highest BCUT2D eigenvalue weighted by Crippen LogP contribution is 2.25. The summed E-state index contributed by atoms with van der Waals surface area (Å²) in [5, 5.41) is 2.48. The number of aromatic nitrogens is 2. The van der Waals surface area contributed by atoms with Crippen LogP contribution in [0.4, 0.5) is 0 Å². The third kappa shape index (κ3) is 3.98. The molecule has 0 bridgehead atoms. The topological polar surface area (TPSA) is 45.8 Å². The quantitative estimate of drug-likeness (QED) is 0.516. The number of benzene rings is 3. The summed E-state index contributed by atoms with van der Waals surface area (Å²) in [4.78, 5) is 19.6. The Morgan fingerprint density at radius 3 is 2.44 bits per heavy atom. The first-order valence-corrected chi connectivity index (χ1v) is 9.27. The largest absolute Gasteiger partial charge is 0.351 e. The predicted octanol–water partition coefficient (Wildman–Crippen LogP) is 5.22. The van der Waals surface area contributed by atoms with Crippen LogP contribution in [0.15, 0.2) is 79.3 Å². The number of hydrogen-bond acceptors (Lipinski definition) is 2. The second kappa shape index (κ2) is 7.58. The van der Waals surface area contributed by atoms with E-state index in [1.807, 2.05) is 13.1 Å². The van der Waals surface area contributed by atoms with E-state index in [2.05, 4.69) is 76.7 Å². The lowest BCUT2D eigenvalue weighted by atomic mass is 9.94. The molecule has 134 valence electrons. The van der Waals surface area contributed by atoms with Crippen molar-refractivity contribution in [3.63, 3.8) is 0 Å². The molecule has 0 amide bonds. The van der Waals surface area contributed by atoms with Gasteiger partial charge in [-0.2, -0.15) is 0 Å². The third-order valence-corrected chi connectivity index (χ3v) is 5.03. The van der Waals surface area contributed by atoms with Crippen molar-refractivity contribution >= 4 is 16.6 Å². The summed E-state index contributed by atoms with van der Waals surface area (Å²) in [5.41, 5.74) is 4.35. The lowest BCUT2D eigenvalue weighted by Gasteiger charge is -2.10.